The molecular formula is C24H27ClF3N4O6PS. The largest absolute Gasteiger partial charge is 0.467 e. The molecule has 1 saturated carbocycles. The highest BCUT2D eigenvalue weighted by Crippen LogP contribution is 2.49. The van der Waals surface area contributed by atoms with Gasteiger partial charge in [0.1, 0.15) is 15.6 Å². The first kappa shape index (κ1) is 30.4. The molecule has 1 aromatic heterocycles. The molecule has 0 N–H and O–H groups in total. The van der Waals surface area contributed by atoms with Crippen molar-refractivity contribution in [2.24, 2.45) is 0 Å². The number of alkyl halides is 2. The van der Waals surface area contributed by atoms with Gasteiger partial charge in [0.2, 0.25) is 13.2 Å². The number of carbonyl (C=O) groups is 3. The van der Waals surface area contributed by atoms with Gasteiger partial charge in [-0.2, -0.15) is 0 Å². The Kier molecular flexibility index (Phi) is 9.86. The summed E-state index contributed by atoms with van der Waals surface area (Å²) in [5.41, 5.74) is -0.379. The third-order valence-electron chi connectivity index (χ3n) is 6.67. The van der Waals surface area contributed by atoms with Crippen LogP contribution in [-0.2, 0) is 25.6 Å². The summed E-state index contributed by atoms with van der Waals surface area (Å²) in [6.07, 6.45) is 1.77. The fourth-order valence-electron chi connectivity index (χ4n) is 4.61. The number of hydrogen-bond donors (Lipinski definition) is 0. The molecule has 3 atom stereocenters. The molecule has 2 saturated heterocycles. The molecule has 218 valence electrons. The lowest BCUT2D eigenvalue weighted by Gasteiger charge is -2.29. The quantitative estimate of drug-likeness (QED) is 0.240. The first-order valence-corrected chi connectivity index (χ1v) is 14.4. The van der Waals surface area contributed by atoms with E-state index in [9.17, 15) is 27.6 Å². The third-order valence-corrected chi connectivity index (χ3v) is 8.25. The second kappa shape index (κ2) is 13.0. The van der Waals surface area contributed by atoms with Crippen molar-refractivity contribution in [2.45, 2.75) is 56.6 Å². The van der Waals surface area contributed by atoms with Gasteiger partial charge in [0, 0.05) is 18.5 Å². The van der Waals surface area contributed by atoms with E-state index in [1.807, 2.05) is 0 Å². The number of rotatable bonds is 8. The Hall–Kier alpha value is -2.54. The number of urea groups is 1. The smallest absolute Gasteiger partial charge is 0.335 e. The zero-order valence-electron chi connectivity index (χ0n) is 21.4. The summed E-state index contributed by atoms with van der Waals surface area (Å²) < 4.78 is 50.0. The van der Waals surface area contributed by atoms with Crippen molar-refractivity contribution in [3.05, 3.63) is 28.0 Å². The van der Waals surface area contributed by atoms with Crippen molar-refractivity contribution in [1.82, 2.24) is 20.0 Å². The van der Waals surface area contributed by atoms with Gasteiger partial charge in [-0.05, 0) is 44.0 Å². The standard InChI is InChI=1S/C23H25ClFN4O6PS.CH2F2/c1-33-20(30)14-3-2-4-16(34-14)35-18-13(25)6-5-12(17(18)24)19-27-26-15(37-19)11-29-22(32)28(9-10-36)21(31)23(29)7-8-23;2-1-3/h5-6,14,16H,2-4,7-11,36H2,1H3;1H2. The van der Waals surface area contributed by atoms with E-state index in [4.69, 9.17) is 25.8 Å². The number of imide groups is 1. The third kappa shape index (κ3) is 6.05. The van der Waals surface area contributed by atoms with Gasteiger partial charge in [0.15, 0.2) is 17.7 Å². The minimum Gasteiger partial charge on any atom is -0.467 e. The average Bonchev–Trinajstić information content (AvgIpc) is 3.58. The number of methoxy groups -OCH3 is 1. The van der Waals surface area contributed by atoms with Crippen molar-refractivity contribution >= 4 is 50.1 Å². The normalized spacial score (nSPS) is 21.4. The first-order valence-electron chi connectivity index (χ1n) is 12.4. The van der Waals surface area contributed by atoms with Gasteiger partial charge in [-0.25, -0.2) is 22.8 Å². The van der Waals surface area contributed by atoms with Crippen LogP contribution in [0.25, 0.3) is 10.6 Å². The highest BCUT2D eigenvalue weighted by Gasteiger charge is 2.64. The fraction of sp³-hybridized carbons (Fsp3) is 0.542. The van der Waals surface area contributed by atoms with Crippen LogP contribution < -0.4 is 4.74 Å². The molecule has 40 heavy (non-hydrogen) atoms. The van der Waals surface area contributed by atoms with Crippen LogP contribution in [0.1, 0.15) is 37.1 Å². The van der Waals surface area contributed by atoms with E-state index >= 15 is 0 Å². The van der Waals surface area contributed by atoms with E-state index in [0.29, 0.717) is 60.4 Å². The van der Waals surface area contributed by atoms with Gasteiger partial charge < -0.3 is 19.1 Å². The average molecular weight is 623 g/mol. The van der Waals surface area contributed by atoms with E-state index in [0.717, 1.165) is 0 Å². The van der Waals surface area contributed by atoms with E-state index in [2.05, 4.69) is 19.4 Å². The molecule has 3 amide bonds. The molecule has 1 aliphatic carbocycles. The molecule has 3 heterocycles. The molecule has 5 rings (SSSR count). The summed E-state index contributed by atoms with van der Waals surface area (Å²) >= 11 is 7.73. The number of carbonyl (C=O) groups excluding carboxylic acids is 3. The minimum absolute atomic E-state index is 0.01000. The summed E-state index contributed by atoms with van der Waals surface area (Å²) in [7, 11) is 3.80. The van der Waals surface area contributed by atoms with Gasteiger partial charge in [-0.15, -0.1) is 19.4 Å². The zero-order valence-corrected chi connectivity index (χ0v) is 24.1. The summed E-state index contributed by atoms with van der Waals surface area (Å²) in [4.78, 5) is 40.4. The number of aromatic nitrogens is 2. The second-order valence-electron chi connectivity index (χ2n) is 9.11. The van der Waals surface area contributed by atoms with Crippen molar-refractivity contribution in [2.75, 3.05) is 26.7 Å². The molecular weight excluding hydrogens is 596 g/mol. The SMILES string of the molecule is COC(=O)C1CCCC(Oc2c(F)ccc(-c3nnc(CN4C(=O)N(CCP)C(=O)C45CC5)s3)c2Cl)O1.FCF. The lowest BCUT2D eigenvalue weighted by atomic mass is 10.1. The van der Waals surface area contributed by atoms with Crippen molar-refractivity contribution in [3.8, 4) is 16.3 Å². The Labute approximate surface area is 239 Å². The molecule has 3 fully saturated rings. The number of esters is 1. The Morgan fingerprint density at radius 3 is 2.65 bits per heavy atom. The minimum atomic E-state index is -1.75. The Morgan fingerprint density at radius 2 is 2.00 bits per heavy atom. The summed E-state index contributed by atoms with van der Waals surface area (Å²) in [5.74, 6) is -1.57. The Morgan fingerprint density at radius 1 is 1.27 bits per heavy atom. The van der Waals surface area contributed by atoms with Crippen molar-refractivity contribution in [1.29, 1.82) is 0 Å². The van der Waals surface area contributed by atoms with Crippen molar-refractivity contribution < 1.29 is 41.8 Å². The molecule has 10 nitrogen and oxygen atoms in total. The molecule has 16 heteroatoms. The predicted molar refractivity (Wildman–Crippen MR) is 142 cm³/mol. The molecule has 2 aliphatic heterocycles. The summed E-state index contributed by atoms with van der Waals surface area (Å²) in [5, 5.41) is 9.32. The highest BCUT2D eigenvalue weighted by molar-refractivity contribution is 7.16. The highest BCUT2D eigenvalue weighted by atomic mass is 35.5. The van der Waals surface area contributed by atoms with E-state index < -0.39 is 36.6 Å². The van der Waals surface area contributed by atoms with Crippen LogP contribution >= 0.6 is 32.2 Å². The molecule has 1 aromatic carbocycles. The van der Waals surface area contributed by atoms with E-state index in [-0.39, 0.29) is 29.3 Å². The van der Waals surface area contributed by atoms with Crippen molar-refractivity contribution in [3.63, 3.8) is 0 Å². The molecule has 0 radical (unpaired) electrons. The molecule has 1 spiro atoms. The lowest BCUT2D eigenvalue weighted by Crippen LogP contribution is -2.37. The number of hydrogen-bond acceptors (Lipinski definition) is 9. The molecule has 2 aromatic rings. The van der Waals surface area contributed by atoms with Crippen LogP contribution in [0.3, 0.4) is 0 Å². The number of benzene rings is 1. The van der Waals surface area contributed by atoms with Crippen LogP contribution in [0.2, 0.25) is 5.02 Å². The maximum absolute atomic E-state index is 14.7. The molecule has 0 bridgehead atoms. The van der Waals surface area contributed by atoms with Crippen LogP contribution in [-0.4, -0.2) is 82.6 Å². The Balaban J connectivity index is 0.00000118. The van der Waals surface area contributed by atoms with Gasteiger partial charge in [0.25, 0.3) is 5.91 Å². The number of amides is 3. The zero-order chi connectivity index (χ0) is 29.0. The molecule has 3 unspecified atom stereocenters. The monoisotopic (exact) mass is 622 g/mol. The number of nitrogens with zero attached hydrogens (tertiary/aromatic N) is 4. The topological polar surface area (TPSA) is 111 Å². The van der Waals surface area contributed by atoms with Gasteiger partial charge in [-0.3, -0.25) is 9.69 Å². The van der Waals surface area contributed by atoms with E-state index in [1.165, 1.54) is 35.5 Å². The summed E-state index contributed by atoms with van der Waals surface area (Å²) in [6.45, 7) is -1.26. The van der Waals surface area contributed by atoms with Crippen LogP contribution in [0, 0.1) is 5.82 Å². The number of ether oxygens (including phenoxy) is 3. The lowest BCUT2D eigenvalue weighted by molar-refractivity contribution is -0.184. The maximum Gasteiger partial charge on any atom is 0.335 e. The predicted octanol–water partition coefficient (Wildman–Crippen LogP) is 4.50. The van der Waals surface area contributed by atoms with Crippen LogP contribution in [0.5, 0.6) is 5.75 Å². The fourth-order valence-corrected chi connectivity index (χ4v) is 6.07. The van der Waals surface area contributed by atoms with Crippen LogP contribution in [0.15, 0.2) is 12.1 Å². The van der Waals surface area contributed by atoms with Crippen LogP contribution in [0.4, 0.5) is 18.0 Å². The Bertz CT molecular complexity index is 1270. The summed E-state index contributed by atoms with van der Waals surface area (Å²) in [6, 6.07) is 2.36. The number of halogens is 4. The van der Waals surface area contributed by atoms with Gasteiger partial charge in [-0.1, -0.05) is 22.9 Å². The molecule has 3 aliphatic rings. The second-order valence-corrected chi connectivity index (χ2v) is 11.1. The van der Waals surface area contributed by atoms with Gasteiger partial charge in [0.05, 0.1) is 18.7 Å². The van der Waals surface area contributed by atoms with E-state index in [1.54, 1.807) is 4.90 Å². The van der Waals surface area contributed by atoms with Gasteiger partial charge >= 0.3 is 12.0 Å². The first-order chi connectivity index (χ1) is 19.2. The maximum atomic E-state index is 14.7.